The summed E-state index contributed by atoms with van der Waals surface area (Å²) in [5.41, 5.74) is 9.34. The van der Waals surface area contributed by atoms with E-state index in [4.69, 9.17) is 9.72 Å². The fraction of sp³-hybridized carbons (Fsp3) is 0.519. The zero-order chi connectivity index (χ0) is 24.3. The summed E-state index contributed by atoms with van der Waals surface area (Å²) in [7, 11) is 0. The number of rotatable bonds is 5. The Kier molecular flexibility index (Phi) is 5.34. The van der Waals surface area contributed by atoms with Crippen molar-refractivity contribution in [3.63, 3.8) is 0 Å². The lowest BCUT2D eigenvalue weighted by Gasteiger charge is -2.44. The first-order valence-corrected chi connectivity index (χ1v) is 12.7. The fourth-order valence-electron chi connectivity index (χ4n) is 5.70. The summed E-state index contributed by atoms with van der Waals surface area (Å²) in [6, 6.07) is 4.37. The lowest BCUT2D eigenvalue weighted by molar-refractivity contribution is -0.115. The number of hydrogen-bond donors (Lipinski definition) is 1. The molecular formula is C27H35N7O. The summed E-state index contributed by atoms with van der Waals surface area (Å²) in [6.45, 7) is 18.2. The van der Waals surface area contributed by atoms with E-state index in [2.05, 4.69) is 77.8 Å². The van der Waals surface area contributed by atoms with Gasteiger partial charge in [0, 0.05) is 55.5 Å². The van der Waals surface area contributed by atoms with Crippen molar-refractivity contribution >= 4 is 22.5 Å². The molecule has 2 saturated heterocycles. The number of nitrogens with zero attached hydrogens (tertiary/aromatic N) is 6. The monoisotopic (exact) mass is 473 g/mol. The standard InChI is InChI=1S/C27H35N7O/c1-17(2)23-24(20-12-34-26(28-16-29-34)19(4)18(20)3)30-21-6-7-22(31-25(21)23)33-10-8-32(9-11-33)13-27(5)14-35-15-27/h6-7,12,16-17,30H,8-11,13-15H2,1-5H3. The number of ether oxygens (including phenoxy) is 1. The number of aryl methyl sites for hydroxylation is 1. The summed E-state index contributed by atoms with van der Waals surface area (Å²) < 4.78 is 7.32. The molecule has 0 spiro atoms. The van der Waals surface area contributed by atoms with Crippen molar-refractivity contribution in [3.05, 3.63) is 41.3 Å². The molecule has 1 N–H and O–H groups in total. The number of fused-ring (bicyclic) bond motifs is 2. The average molecular weight is 474 g/mol. The fourth-order valence-corrected chi connectivity index (χ4v) is 5.70. The van der Waals surface area contributed by atoms with Gasteiger partial charge in [-0.15, -0.1) is 0 Å². The second-order valence-electron chi connectivity index (χ2n) is 11.0. The van der Waals surface area contributed by atoms with Crippen molar-refractivity contribution in [2.75, 3.05) is 50.8 Å². The Labute approximate surface area is 206 Å². The number of aromatic amines is 1. The van der Waals surface area contributed by atoms with E-state index >= 15 is 0 Å². The zero-order valence-corrected chi connectivity index (χ0v) is 21.4. The van der Waals surface area contributed by atoms with E-state index in [1.165, 1.54) is 11.1 Å². The van der Waals surface area contributed by atoms with Gasteiger partial charge >= 0.3 is 0 Å². The molecule has 0 atom stereocenters. The average Bonchev–Trinajstić information content (AvgIpc) is 3.45. The Morgan fingerprint density at radius 2 is 1.86 bits per heavy atom. The largest absolute Gasteiger partial charge is 0.380 e. The number of hydrogen-bond acceptors (Lipinski definition) is 6. The lowest BCUT2D eigenvalue weighted by Crippen LogP contribution is -2.54. The van der Waals surface area contributed by atoms with Crippen LogP contribution in [0.3, 0.4) is 0 Å². The smallest absolute Gasteiger partial charge is 0.158 e. The quantitative estimate of drug-likeness (QED) is 0.469. The number of H-pyrrole nitrogens is 1. The number of anilines is 1. The molecule has 35 heavy (non-hydrogen) atoms. The van der Waals surface area contributed by atoms with E-state index in [0.29, 0.717) is 11.3 Å². The van der Waals surface area contributed by atoms with Crippen molar-refractivity contribution in [1.29, 1.82) is 0 Å². The van der Waals surface area contributed by atoms with Crippen LogP contribution in [0.15, 0.2) is 24.7 Å². The predicted molar refractivity (Wildman–Crippen MR) is 139 cm³/mol. The lowest BCUT2D eigenvalue weighted by atomic mass is 9.88. The van der Waals surface area contributed by atoms with E-state index in [-0.39, 0.29) is 0 Å². The van der Waals surface area contributed by atoms with E-state index < -0.39 is 0 Å². The molecule has 4 aromatic rings. The van der Waals surface area contributed by atoms with Gasteiger partial charge in [0.25, 0.3) is 0 Å². The van der Waals surface area contributed by atoms with Crippen LogP contribution in [0.25, 0.3) is 27.9 Å². The Balaban J connectivity index is 1.33. The van der Waals surface area contributed by atoms with Gasteiger partial charge in [0.15, 0.2) is 5.65 Å². The van der Waals surface area contributed by atoms with Crippen LogP contribution in [-0.4, -0.2) is 75.4 Å². The zero-order valence-electron chi connectivity index (χ0n) is 21.4. The van der Waals surface area contributed by atoms with Gasteiger partial charge in [0.05, 0.1) is 29.9 Å². The summed E-state index contributed by atoms with van der Waals surface area (Å²) in [5.74, 6) is 1.40. The highest BCUT2D eigenvalue weighted by atomic mass is 16.5. The molecular weight excluding hydrogens is 438 g/mol. The molecule has 2 fully saturated rings. The van der Waals surface area contributed by atoms with Gasteiger partial charge in [-0.25, -0.2) is 14.5 Å². The van der Waals surface area contributed by atoms with Crippen molar-refractivity contribution in [1.82, 2.24) is 29.5 Å². The van der Waals surface area contributed by atoms with E-state index in [1.807, 2.05) is 4.52 Å². The molecule has 2 aliphatic heterocycles. The molecule has 184 valence electrons. The van der Waals surface area contributed by atoms with Gasteiger partial charge in [-0.1, -0.05) is 20.8 Å². The molecule has 0 saturated carbocycles. The van der Waals surface area contributed by atoms with Crippen molar-refractivity contribution < 1.29 is 4.74 Å². The van der Waals surface area contributed by atoms with Gasteiger partial charge in [0.2, 0.25) is 0 Å². The van der Waals surface area contributed by atoms with Crippen LogP contribution in [0, 0.1) is 19.3 Å². The molecule has 0 radical (unpaired) electrons. The van der Waals surface area contributed by atoms with Crippen LogP contribution in [0.5, 0.6) is 0 Å². The third kappa shape index (κ3) is 3.79. The van der Waals surface area contributed by atoms with Crippen molar-refractivity contribution in [2.45, 2.75) is 40.5 Å². The molecule has 0 aliphatic carbocycles. The first-order valence-electron chi connectivity index (χ1n) is 12.7. The molecule has 6 heterocycles. The number of aromatic nitrogens is 5. The first kappa shape index (κ1) is 22.5. The molecule has 0 amide bonds. The van der Waals surface area contributed by atoms with E-state index in [1.54, 1.807) is 6.33 Å². The number of pyridine rings is 2. The molecule has 6 rings (SSSR count). The third-order valence-electron chi connectivity index (χ3n) is 7.84. The van der Waals surface area contributed by atoms with Gasteiger partial charge in [-0.05, 0) is 43.0 Å². The van der Waals surface area contributed by atoms with E-state index in [9.17, 15) is 0 Å². The summed E-state index contributed by atoms with van der Waals surface area (Å²) in [5, 5.41) is 4.41. The van der Waals surface area contributed by atoms with Gasteiger partial charge in [0.1, 0.15) is 12.1 Å². The minimum absolute atomic E-state index is 0.329. The normalized spacial score (nSPS) is 18.6. The van der Waals surface area contributed by atoms with Gasteiger partial charge in [-0.2, -0.15) is 5.10 Å². The number of nitrogens with one attached hydrogen (secondary N) is 1. The van der Waals surface area contributed by atoms with Crippen molar-refractivity contribution in [2.24, 2.45) is 5.41 Å². The summed E-state index contributed by atoms with van der Waals surface area (Å²) in [4.78, 5) is 18.4. The Morgan fingerprint density at radius 3 is 2.54 bits per heavy atom. The first-order chi connectivity index (χ1) is 16.8. The summed E-state index contributed by atoms with van der Waals surface area (Å²) in [6.07, 6.45) is 3.71. The Morgan fingerprint density at radius 1 is 1.09 bits per heavy atom. The topological polar surface area (TPSA) is 74.6 Å². The molecule has 0 bridgehead atoms. The van der Waals surface area contributed by atoms with Crippen LogP contribution >= 0.6 is 0 Å². The molecule has 8 heteroatoms. The highest BCUT2D eigenvalue weighted by molar-refractivity contribution is 5.90. The van der Waals surface area contributed by atoms with Crippen LogP contribution in [-0.2, 0) is 4.74 Å². The molecule has 8 nitrogen and oxygen atoms in total. The molecule has 2 aliphatic rings. The highest BCUT2D eigenvalue weighted by Crippen LogP contribution is 2.38. The second kappa shape index (κ2) is 8.31. The third-order valence-corrected chi connectivity index (χ3v) is 7.84. The maximum absolute atomic E-state index is 5.45. The van der Waals surface area contributed by atoms with Crippen LogP contribution in [0.1, 0.15) is 43.4 Å². The molecule has 0 aromatic carbocycles. The second-order valence-corrected chi connectivity index (χ2v) is 11.0. The van der Waals surface area contributed by atoms with E-state index in [0.717, 1.165) is 85.3 Å². The van der Waals surface area contributed by atoms with Crippen molar-refractivity contribution in [3.8, 4) is 11.3 Å². The highest BCUT2D eigenvalue weighted by Gasteiger charge is 2.36. The van der Waals surface area contributed by atoms with Gasteiger partial charge < -0.3 is 14.6 Å². The minimum Gasteiger partial charge on any atom is -0.380 e. The number of piperazine rings is 1. The minimum atomic E-state index is 0.329. The predicted octanol–water partition coefficient (Wildman–Crippen LogP) is 4.17. The Bertz CT molecular complexity index is 1390. The van der Waals surface area contributed by atoms with Gasteiger partial charge in [-0.3, -0.25) is 4.90 Å². The van der Waals surface area contributed by atoms with Crippen LogP contribution in [0.4, 0.5) is 5.82 Å². The molecule has 0 unspecified atom stereocenters. The maximum atomic E-state index is 5.45. The SMILES string of the molecule is Cc1c(-c2[nH]c3ccc(N4CCN(CC5(C)COC5)CC4)nc3c2C(C)C)cn2ncnc2c1C. The van der Waals surface area contributed by atoms with Crippen LogP contribution in [0.2, 0.25) is 0 Å². The maximum Gasteiger partial charge on any atom is 0.158 e. The Hall–Kier alpha value is -2.97. The van der Waals surface area contributed by atoms with Crippen LogP contribution < -0.4 is 4.90 Å². The summed E-state index contributed by atoms with van der Waals surface area (Å²) >= 11 is 0. The molecule has 4 aromatic heterocycles.